The number of rotatable bonds is 12. The smallest absolute Gasteiger partial charge is 0.118 e. The molecule has 4 nitrogen and oxygen atoms in total. The fourth-order valence-corrected chi connectivity index (χ4v) is 4.66. The Balaban J connectivity index is 1.91. The van der Waals surface area contributed by atoms with Crippen LogP contribution in [0.4, 0.5) is 0 Å². The Morgan fingerprint density at radius 1 is 0.968 bits per heavy atom. The van der Waals surface area contributed by atoms with Gasteiger partial charge in [0.1, 0.15) is 5.75 Å². The number of ether oxygens (including phenoxy) is 2. The van der Waals surface area contributed by atoms with Crippen molar-refractivity contribution in [3.8, 4) is 5.75 Å². The van der Waals surface area contributed by atoms with Crippen LogP contribution in [-0.2, 0) is 10.3 Å². The van der Waals surface area contributed by atoms with Crippen LogP contribution in [0.3, 0.4) is 0 Å². The van der Waals surface area contributed by atoms with E-state index >= 15 is 0 Å². The minimum Gasteiger partial charge on any atom is -0.497 e. The molecule has 0 amide bonds. The molecule has 0 spiro atoms. The highest BCUT2D eigenvalue weighted by molar-refractivity contribution is 5.35. The monoisotopic (exact) mass is 425 g/mol. The Morgan fingerprint density at radius 2 is 1.65 bits per heavy atom. The molecule has 170 valence electrons. The molecule has 1 heterocycles. The second-order valence-corrected chi connectivity index (χ2v) is 8.69. The number of unbranched alkanes of at least 4 members (excludes halogenated alkanes) is 4. The van der Waals surface area contributed by atoms with Crippen molar-refractivity contribution in [3.05, 3.63) is 65.7 Å². The van der Waals surface area contributed by atoms with Gasteiger partial charge in [-0.05, 0) is 29.7 Å². The molecule has 0 aliphatic carbocycles. The Kier molecular flexibility index (Phi) is 9.38. The molecule has 1 aliphatic heterocycles. The minimum absolute atomic E-state index is 0.00799. The summed E-state index contributed by atoms with van der Waals surface area (Å²) >= 11 is 0. The molecule has 4 heteroatoms. The highest BCUT2D eigenvalue weighted by atomic mass is 16.5. The number of morpholine rings is 1. The van der Waals surface area contributed by atoms with E-state index in [2.05, 4.69) is 36.1 Å². The molecule has 2 atom stereocenters. The van der Waals surface area contributed by atoms with E-state index < -0.39 is 5.60 Å². The predicted octanol–water partition coefficient (Wildman–Crippen LogP) is 5.36. The van der Waals surface area contributed by atoms with Gasteiger partial charge in [-0.25, -0.2) is 0 Å². The van der Waals surface area contributed by atoms with Gasteiger partial charge in [-0.3, -0.25) is 4.90 Å². The van der Waals surface area contributed by atoms with Gasteiger partial charge in [0, 0.05) is 25.6 Å². The second-order valence-electron chi connectivity index (χ2n) is 8.69. The van der Waals surface area contributed by atoms with Crippen molar-refractivity contribution in [2.45, 2.75) is 57.0 Å². The van der Waals surface area contributed by atoms with Crippen LogP contribution in [0.15, 0.2) is 54.6 Å². The lowest BCUT2D eigenvalue weighted by atomic mass is 9.73. The molecule has 1 aliphatic rings. The molecule has 2 aromatic rings. The van der Waals surface area contributed by atoms with Crippen LogP contribution in [0.1, 0.15) is 62.5 Å². The molecule has 0 bridgehead atoms. The molecule has 0 radical (unpaired) electrons. The SMILES string of the molecule is CCCCCCC[C@@](O)(c1ccc(OC)cc1)[C@H](CN1CCOCC1)c1ccccc1. The standard InChI is InChI=1S/C27H39NO3/c1-3-4-5-6-10-17-27(29,24-13-15-25(30-2)16-14-24)26(23-11-8-7-9-12-23)22-28-18-20-31-21-19-28/h7-9,11-16,26,29H,3-6,10,17-22H2,1-2H3/t26-,27-/m1/s1. The summed E-state index contributed by atoms with van der Waals surface area (Å²) in [5.41, 5.74) is 1.24. The van der Waals surface area contributed by atoms with Gasteiger partial charge >= 0.3 is 0 Å². The molecular formula is C27H39NO3. The Hall–Kier alpha value is -1.88. The van der Waals surface area contributed by atoms with Gasteiger partial charge in [-0.1, -0.05) is 81.5 Å². The summed E-state index contributed by atoms with van der Waals surface area (Å²) in [6.07, 6.45) is 6.66. The first-order chi connectivity index (χ1) is 15.2. The normalized spacial score (nSPS) is 17.8. The van der Waals surface area contributed by atoms with Crippen molar-refractivity contribution in [3.63, 3.8) is 0 Å². The molecule has 1 saturated heterocycles. The van der Waals surface area contributed by atoms with E-state index in [9.17, 15) is 5.11 Å². The predicted molar refractivity (Wildman–Crippen MR) is 127 cm³/mol. The highest BCUT2D eigenvalue weighted by Crippen LogP contribution is 2.42. The molecule has 3 rings (SSSR count). The van der Waals surface area contributed by atoms with E-state index in [1.54, 1.807) is 7.11 Å². The maximum Gasteiger partial charge on any atom is 0.118 e. The summed E-state index contributed by atoms with van der Waals surface area (Å²) in [5, 5.41) is 12.3. The summed E-state index contributed by atoms with van der Waals surface area (Å²) in [4.78, 5) is 2.44. The first kappa shape index (κ1) is 23.8. The summed E-state index contributed by atoms with van der Waals surface area (Å²) in [5.74, 6) is 0.810. The van der Waals surface area contributed by atoms with Gasteiger partial charge in [0.25, 0.3) is 0 Å². The van der Waals surface area contributed by atoms with E-state index in [0.717, 1.165) is 63.4 Å². The third-order valence-electron chi connectivity index (χ3n) is 6.57. The topological polar surface area (TPSA) is 41.9 Å². The molecule has 0 aromatic heterocycles. The Morgan fingerprint density at radius 3 is 2.29 bits per heavy atom. The lowest BCUT2D eigenvalue weighted by Crippen LogP contribution is -2.45. The zero-order valence-electron chi connectivity index (χ0n) is 19.3. The zero-order valence-corrected chi connectivity index (χ0v) is 19.3. The third kappa shape index (κ3) is 6.55. The summed E-state index contributed by atoms with van der Waals surface area (Å²) in [7, 11) is 1.68. The number of nitrogens with zero attached hydrogens (tertiary/aromatic N) is 1. The van der Waals surface area contributed by atoms with Gasteiger partial charge in [0.15, 0.2) is 0 Å². The first-order valence-corrected chi connectivity index (χ1v) is 11.9. The van der Waals surface area contributed by atoms with Crippen LogP contribution in [0.5, 0.6) is 5.75 Å². The molecule has 0 saturated carbocycles. The van der Waals surface area contributed by atoms with Gasteiger partial charge in [0.05, 0.1) is 25.9 Å². The van der Waals surface area contributed by atoms with Gasteiger partial charge in [-0.15, -0.1) is 0 Å². The quantitative estimate of drug-likeness (QED) is 0.465. The highest BCUT2D eigenvalue weighted by Gasteiger charge is 2.40. The Bertz CT molecular complexity index is 743. The van der Waals surface area contributed by atoms with E-state index in [-0.39, 0.29) is 5.92 Å². The summed E-state index contributed by atoms with van der Waals surface area (Å²) in [6, 6.07) is 18.6. The molecule has 2 aromatic carbocycles. The van der Waals surface area contributed by atoms with E-state index in [4.69, 9.17) is 9.47 Å². The number of hydrogen-bond donors (Lipinski definition) is 1. The van der Waals surface area contributed by atoms with E-state index in [1.165, 1.54) is 24.8 Å². The van der Waals surface area contributed by atoms with Crippen molar-refractivity contribution in [2.75, 3.05) is 40.0 Å². The summed E-state index contributed by atoms with van der Waals surface area (Å²) in [6.45, 7) is 6.42. The first-order valence-electron chi connectivity index (χ1n) is 11.9. The fraction of sp³-hybridized carbons (Fsp3) is 0.556. The lowest BCUT2D eigenvalue weighted by Gasteiger charge is -2.41. The minimum atomic E-state index is -0.932. The van der Waals surface area contributed by atoms with E-state index in [0.29, 0.717) is 0 Å². The second kappa shape index (κ2) is 12.2. The van der Waals surface area contributed by atoms with Gasteiger partial charge in [-0.2, -0.15) is 0 Å². The van der Waals surface area contributed by atoms with Crippen LogP contribution in [-0.4, -0.2) is 50.0 Å². The Labute approximate surface area is 188 Å². The number of methoxy groups -OCH3 is 1. The average molecular weight is 426 g/mol. The maximum atomic E-state index is 12.3. The van der Waals surface area contributed by atoms with Crippen LogP contribution in [0.2, 0.25) is 0 Å². The fourth-order valence-electron chi connectivity index (χ4n) is 4.66. The van der Waals surface area contributed by atoms with Gasteiger partial charge in [0.2, 0.25) is 0 Å². The molecule has 1 fully saturated rings. The third-order valence-corrected chi connectivity index (χ3v) is 6.57. The largest absolute Gasteiger partial charge is 0.497 e. The van der Waals surface area contributed by atoms with Gasteiger partial charge < -0.3 is 14.6 Å². The number of hydrogen-bond acceptors (Lipinski definition) is 4. The molecule has 1 N–H and O–H groups in total. The lowest BCUT2D eigenvalue weighted by molar-refractivity contribution is -0.0296. The van der Waals surface area contributed by atoms with Crippen LogP contribution in [0, 0.1) is 0 Å². The van der Waals surface area contributed by atoms with Crippen LogP contribution >= 0.6 is 0 Å². The van der Waals surface area contributed by atoms with Crippen molar-refractivity contribution < 1.29 is 14.6 Å². The van der Waals surface area contributed by atoms with E-state index in [1.807, 2.05) is 30.3 Å². The van der Waals surface area contributed by atoms with Crippen molar-refractivity contribution in [1.29, 1.82) is 0 Å². The molecular weight excluding hydrogens is 386 g/mol. The maximum absolute atomic E-state index is 12.3. The van der Waals surface area contributed by atoms with Crippen molar-refractivity contribution >= 4 is 0 Å². The summed E-state index contributed by atoms with van der Waals surface area (Å²) < 4.78 is 10.9. The van der Waals surface area contributed by atoms with Crippen LogP contribution in [0.25, 0.3) is 0 Å². The zero-order chi connectivity index (χ0) is 21.9. The number of aliphatic hydroxyl groups is 1. The molecule has 31 heavy (non-hydrogen) atoms. The average Bonchev–Trinajstić information content (AvgIpc) is 2.83. The number of benzene rings is 2. The van der Waals surface area contributed by atoms with Crippen molar-refractivity contribution in [2.24, 2.45) is 0 Å². The van der Waals surface area contributed by atoms with Crippen LogP contribution < -0.4 is 4.74 Å². The van der Waals surface area contributed by atoms with Crippen molar-refractivity contribution in [1.82, 2.24) is 4.90 Å². The molecule has 0 unspecified atom stereocenters.